The van der Waals surface area contributed by atoms with Gasteiger partial charge >= 0.3 is 0 Å². The maximum Gasteiger partial charge on any atom is 0.258 e. The lowest BCUT2D eigenvalue weighted by Gasteiger charge is -2.21. The van der Waals surface area contributed by atoms with Crippen LogP contribution in [0.3, 0.4) is 0 Å². The lowest BCUT2D eigenvalue weighted by atomic mass is 10.1. The van der Waals surface area contributed by atoms with Crippen LogP contribution < -0.4 is 9.62 Å². The molecule has 2 rings (SSSR count). The second-order valence-corrected chi connectivity index (χ2v) is 9.85. The first-order valence-electron chi connectivity index (χ1n) is 7.78. The summed E-state index contributed by atoms with van der Waals surface area (Å²) < 4.78 is 28.1. The van der Waals surface area contributed by atoms with Crippen molar-refractivity contribution in [2.75, 3.05) is 11.9 Å². The molecule has 0 aliphatic heterocycles. The molecule has 0 saturated heterocycles. The molecular weight excluding hydrogens is 440 g/mol. The van der Waals surface area contributed by atoms with E-state index in [0.717, 1.165) is 4.47 Å². The maximum absolute atomic E-state index is 12.7. The quantitative estimate of drug-likeness (QED) is 0.734. The topological polar surface area (TPSA) is 66.5 Å². The average Bonchev–Trinajstić information content (AvgIpc) is 2.51. The number of hydrogen-bond donors (Lipinski definition) is 1. The molecule has 0 unspecified atom stereocenters. The summed E-state index contributed by atoms with van der Waals surface area (Å²) >= 11 is 9.51. The molecule has 0 radical (unpaired) electrons. The van der Waals surface area contributed by atoms with Gasteiger partial charge in [0.2, 0.25) is 10.0 Å². The first kappa shape index (κ1) is 20.9. The summed E-state index contributed by atoms with van der Waals surface area (Å²) in [6.07, 6.45) is 0. The van der Waals surface area contributed by atoms with Crippen molar-refractivity contribution in [1.29, 1.82) is 0 Å². The van der Waals surface area contributed by atoms with Gasteiger partial charge in [0.1, 0.15) is 0 Å². The van der Waals surface area contributed by atoms with E-state index in [1.807, 2.05) is 0 Å². The van der Waals surface area contributed by atoms with Crippen LogP contribution >= 0.6 is 27.5 Å². The Morgan fingerprint density at radius 2 is 1.69 bits per heavy atom. The molecular formula is C18H20BrClN2O3S. The van der Waals surface area contributed by atoms with Gasteiger partial charge in [-0.3, -0.25) is 4.79 Å². The Morgan fingerprint density at radius 3 is 2.19 bits per heavy atom. The number of sulfonamides is 1. The molecule has 0 heterocycles. The number of rotatable bonds is 4. The second kappa shape index (κ2) is 7.68. The zero-order valence-electron chi connectivity index (χ0n) is 14.9. The Morgan fingerprint density at radius 1 is 1.12 bits per heavy atom. The van der Waals surface area contributed by atoms with Crippen LogP contribution in [0.5, 0.6) is 0 Å². The molecule has 0 saturated carbocycles. The predicted molar refractivity (Wildman–Crippen MR) is 108 cm³/mol. The predicted octanol–water partition coefficient (Wildman–Crippen LogP) is 4.46. The van der Waals surface area contributed by atoms with Crippen LogP contribution in [0.15, 0.2) is 51.8 Å². The van der Waals surface area contributed by atoms with Crippen molar-refractivity contribution in [2.45, 2.75) is 31.2 Å². The smallest absolute Gasteiger partial charge is 0.258 e. The summed E-state index contributed by atoms with van der Waals surface area (Å²) in [6, 6.07) is 11.0. The molecule has 1 amide bonds. The number of carbonyl (C=O) groups excluding carboxylic acids is 1. The highest BCUT2D eigenvalue weighted by atomic mass is 79.9. The van der Waals surface area contributed by atoms with E-state index < -0.39 is 15.6 Å². The Bertz CT molecular complexity index is 922. The van der Waals surface area contributed by atoms with Crippen molar-refractivity contribution in [2.24, 2.45) is 0 Å². The van der Waals surface area contributed by atoms with Gasteiger partial charge in [0, 0.05) is 22.6 Å². The number of nitrogens with zero attached hydrogens (tertiary/aromatic N) is 1. The van der Waals surface area contributed by atoms with Crippen LogP contribution in [0, 0.1) is 0 Å². The van der Waals surface area contributed by atoms with Gasteiger partial charge in [-0.05, 0) is 63.2 Å². The van der Waals surface area contributed by atoms with Gasteiger partial charge in [-0.1, -0.05) is 27.5 Å². The third-order valence-electron chi connectivity index (χ3n) is 3.43. The van der Waals surface area contributed by atoms with Gasteiger partial charge in [0.05, 0.1) is 15.6 Å². The summed E-state index contributed by atoms with van der Waals surface area (Å²) in [5.41, 5.74) is 0.332. The Hall–Kier alpha value is -1.41. The number of benzene rings is 2. The summed E-state index contributed by atoms with van der Waals surface area (Å²) in [5, 5.41) is 0.434. The highest BCUT2D eigenvalue weighted by molar-refractivity contribution is 9.10. The van der Waals surface area contributed by atoms with Crippen molar-refractivity contribution < 1.29 is 13.2 Å². The van der Waals surface area contributed by atoms with E-state index in [1.165, 1.54) is 29.2 Å². The standard InChI is InChI=1S/C18H20BrClN2O3S/c1-18(2,3)21-26(24,25)14-8-5-12(6-9-14)17(23)22(4)16-10-7-13(19)11-15(16)20/h5-11,21H,1-4H3. The SMILES string of the molecule is CN(C(=O)c1ccc(S(=O)(=O)NC(C)(C)C)cc1)c1ccc(Br)cc1Cl. The van der Waals surface area contributed by atoms with Gasteiger partial charge in [-0.15, -0.1) is 0 Å². The minimum atomic E-state index is -3.65. The van der Waals surface area contributed by atoms with Crippen LogP contribution in [0.1, 0.15) is 31.1 Å². The van der Waals surface area contributed by atoms with E-state index >= 15 is 0 Å². The van der Waals surface area contributed by atoms with E-state index in [0.29, 0.717) is 16.3 Å². The molecule has 140 valence electrons. The summed E-state index contributed by atoms with van der Waals surface area (Å²) in [7, 11) is -2.03. The molecule has 0 atom stereocenters. The maximum atomic E-state index is 12.7. The highest BCUT2D eigenvalue weighted by Gasteiger charge is 2.23. The highest BCUT2D eigenvalue weighted by Crippen LogP contribution is 2.29. The molecule has 26 heavy (non-hydrogen) atoms. The Kier molecular flexibility index (Phi) is 6.17. The molecule has 2 aromatic carbocycles. The number of nitrogens with one attached hydrogen (secondary N) is 1. The number of halogens is 2. The lowest BCUT2D eigenvalue weighted by molar-refractivity contribution is 0.0993. The first-order valence-corrected chi connectivity index (χ1v) is 10.4. The largest absolute Gasteiger partial charge is 0.310 e. The van der Waals surface area contributed by atoms with Gasteiger partial charge < -0.3 is 4.90 Å². The third-order valence-corrected chi connectivity index (χ3v) is 6.00. The molecule has 0 bridgehead atoms. The molecule has 8 heteroatoms. The van der Waals surface area contributed by atoms with Gasteiger partial charge in [0.25, 0.3) is 5.91 Å². The summed E-state index contributed by atoms with van der Waals surface area (Å²) in [4.78, 5) is 14.2. The van der Waals surface area contributed by atoms with Crippen LogP contribution in [-0.4, -0.2) is 26.9 Å². The van der Waals surface area contributed by atoms with Crippen molar-refractivity contribution in [1.82, 2.24) is 4.72 Å². The summed E-state index contributed by atoms with van der Waals surface area (Å²) in [6.45, 7) is 5.29. The molecule has 1 N–H and O–H groups in total. The van der Waals surface area contributed by atoms with Crippen molar-refractivity contribution in [3.63, 3.8) is 0 Å². The Labute approximate surface area is 167 Å². The van der Waals surface area contributed by atoms with E-state index in [-0.39, 0.29) is 10.8 Å². The fourth-order valence-electron chi connectivity index (χ4n) is 2.30. The molecule has 0 spiro atoms. The number of amides is 1. The summed E-state index contributed by atoms with van der Waals surface area (Å²) in [5.74, 6) is -0.290. The molecule has 0 aromatic heterocycles. The van der Waals surface area contributed by atoms with Crippen molar-refractivity contribution in [3.05, 3.63) is 57.5 Å². The van der Waals surface area contributed by atoms with E-state index in [9.17, 15) is 13.2 Å². The van der Waals surface area contributed by atoms with E-state index in [1.54, 1.807) is 46.0 Å². The van der Waals surface area contributed by atoms with E-state index in [2.05, 4.69) is 20.7 Å². The molecule has 0 fully saturated rings. The first-order chi connectivity index (χ1) is 11.9. The monoisotopic (exact) mass is 458 g/mol. The van der Waals surface area contributed by atoms with Gasteiger partial charge in [0.15, 0.2) is 0 Å². The van der Waals surface area contributed by atoms with Crippen molar-refractivity contribution >= 4 is 49.1 Å². The number of hydrogen-bond acceptors (Lipinski definition) is 3. The van der Waals surface area contributed by atoms with Crippen LogP contribution in [-0.2, 0) is 10.0 Å². The minimum absolute atomic E-state index is 0.105. The fourth-order valence-corrected chi connectivity index (χ4v) is 4.51. The van der Waals surface area contributed by atoms with Crippen LogP contribution in [0.25, 0.3) is 0 Å². The number of anilines is 1. The number of carbonyl (C=O) groups is 1. The zero-order chi connectivity index (χ0) is 19.7. The van der Waals surface area contributed by atoms with Crippen LogP contribution in [0.4, 0.5) is 5.69 Å². The fraction of sp³-hybridized carbons (Fsp3) is 0.278. The molecule has 2 aromatic rings. The third kappa shape index (κ3) is 5.07. The molecule has 0 aliphatic carbocycles. The van der Waals surface area contributed by atoms with Gasteiger partial charge in [-0.2, -0.15) is 0 Å². The minimum Gasteiger partial charge on any atom is -0.310 e. The van der Waals surface area contributed by atoms with Crippen molar-refractivity contribution in [3.8, 4) is 0 Å². The van der Waals surface area contributed by atoms with E-state index in [4.69, 9.17) is 11.6 Å². The lowest BCUT2D eigenvalue weighted by Crippen LogP contribution is -2.40. The normalized spacial score (nSPS) is 12.1. The average molecular weight is 460 g/mol. The second-order valence-electron chi connectivity index (χ2n) is 6.84. The zero-order valence-corrected chi connectivity index (χ0v) is 18.0. The Balaban J connectivity index is 2.26. The van der Waals surface area contributed by atoms with Gasteiger partial charge in [-0.25, -0.2) is 13.1 Å². The van der Waals surface area contributed by atoms with Crippen LogP contribution in [0.2, 0.25) is 5.02 Å². The molecule has 5 nitrogen and oxygen atoms in total. The molecule has 0 aliphatic rings.